The van der Waals surface area contributed by atoms with Crippen LogP contribution in [0.25, 0.3) is 0 Å². The maximum atomic E-state index is 11.9. The van der Waals surface area contributed by atoms with Crippen LogP contribution < -0.4 is 5.32 Å². The standard InChI is InChI=1S/C14H16N2O3/c1-14(2,13(18)19-3)9-16-12(17)11-6-4-5-10(7-11)8-15/h4-7H,9H2,1-3H3,(H,16,17). The Kier molecular flexibility index (Phi) is 4.65. The molecule has 0 unspecified atom stereocenters. The number of nitrogens with one attached hydrogen (secondary N) is 1. The molecule has 0 saturated carbocycles. The van der Waals surface area contributed by atoms with Gasteiger partial charge in [0, 0.05) is 12.1 Å². The molecule has 0 atom stereocenters. The number of esters is 1. The molecule has 0 aliphatic rings. The highest BCUT2D eigenvalue weighted by Gasteiger charge is 2.29. The van der Waals surface area contributed by atoms with E-state index in [4.69, 9.17) is 5.26 Å². The molecule has 0 aliphatic carbocycles. The lowest BCUT2D eigenvalue weighted by Crippen LogP contribution is -2.39. The molecule has 1 aromatic carbocycles. The summed E-state index contributed by atoms with van der Waals surface area (Å²) in [5.41, 5.74) is 0.0108. The van der Waals surface area contributed by atoms with Gasteiger partial charge in [-0.15, -0.1) is 0 Å². The van der Waals surface area contributed by atoms with Gasteiger partial charge < -0.3 is 10.1 Å². The molecular weight excluding hydrogens is 244 g/mol. The molecule has 1 aromatic rings. The second kappa shape index (κ2) is 6.01. The SMILES string of the molecule is COC(=O)C(C)(C)CNC(=O)c1cccc(C#N)c1. The van der Waals surface area contributed by atoms with E-state index in [1.165, 1.54) is 13.2 Å². The number of methoxy groups -OCH3 is 1. The first kappa shape index (κ1) is 14.7. The summed E-state index contributed by atoms with van der Waals surface area (Å²) in [5.74, 6) is -0.715. The van der Waals surface area contributed by atoms with Gasteiger partial charge in [0.05, 0.1) is 24.2 Å². The molecule has 19 heavy (non-hydrogen) atoms. The van der Waals surface area contributed by atoms with Gasteiger partial charge in [-0.2, -0.15) is 5.26 Å². The summed E-state index contributed by atoms with van der Waals surface area (Å²) in [6, 6.07) is 8.34. The van der Waals surface area contributed by atoms with Crippen molar-refractivity contribution in [1.82, 2.24) is 5.32 Å². The van der Waals surface area contributed by atoms with E-state index in [1.807, 2.05) is 6.07 Å². The van der Waals surface area contributed by atoms with Gasteiger partial charge >= 0.3 is 5.97 Å². The van der Waals surface area contributed by atoms with Gasteiger partial charge in [-0.1, -0.05) is 6.07 Å². The van der Waals surface area contributed by atoms with E-state index in [0.29, 0.717) is 11.1 Å². The van der Waals surface area contributed by atoms with Gasteiger partial charge in [-0.25, -0.2) is 0 Å². The Bertz CT molecular complexity index is 530. The van der Waals surface area contributed by atoms with E-state index in [-0.39, 0.29) is 12.5 Å². The van der Waals surface area contributed by atoms with Gasteiger partial charge in [-0.05, 0) is 32.0 Å². The minimum atomic E-state index is -0.794. The normalized spacial score (nSPS) is 10.4. The minimum absolute atomic E-state index is 0.162. The number of amides is 1. The fraction of sp³-hybridized carbons (Fsp3) is 0.357. The number of rotatable bonds is 4. The zero-order chi connectivity index (χ0) is 14.5. The molecule has 0 saturated heterocycles. The summed E-state index contributed by atoms with van der Waals surface area (Å²) in [5, 5.41) is 11.4. The molecule has 1 rings (SSSR count). The van der Waals surface area contributed by atoms with Crippen molar-refractivity contribution in [1.29, 1.82) is 5.26 Å². The van der Waals surface area contributed by atoms with Crippen molar-refractivity contribution in [3.8, 4) is 6.07 Å². The smallest absolute Gasteiger partial charge is 0.313 e. The first-order valence-electron chi connectivity index (χ1n) is 5.77. The van der Waals surface area contributed by atoms with Crippen LogP contribution in [0.5, 0.6) is 0 Å². The van der Waals surface area contributed by atoms with Crippen LogP contribution in [0, 0.1) is 16.7 Å². The number of carbonyl (C=O) groups excluding carboxylic acids is 2. The van der Waals surface area contributed by atoms with Crippen LogP contribution in [0.4, 0.5) is 0 Å². The highest BCUT2D eigenvalue weighted by atomic mass is 16.5. The Morgan fingerprint density at radius 1 is 1.42 bits per heavy atom. The monoisotopic (exact) mass is 260 g/mol. The van der Waals surface area contributed by atoms with Crippen molar-refractivity contribution >= 4 is 11.9 Å². The third-order valence-corrected chi connectivity index (χ3v) is 2.68. The summed E-state index contributed by atoms with van der Waals surface area (Å²) in [7, 11) is 1.31. The van der Waals surface area contributed by atoms with E-state index in [0.717, 1.165) is 0 Å². The van der Waals surface area contributed by atoms with Crippen LogP contribution in [0.15, 0.2) is 24.3 Å². The average Bonchev–Trinajstić information content (AvgIpc) is 2.43. The predicted octanol–water partition coefficient (Wildman–Crippen LogP) is 1.49. The predicted molar refractivity (Wildman–Crippen MR) is 69.3 cm³/mol. The number of benzene rings is 1. The zero-order valence-corrected chi connectivity index (χ0v) is 11.2. The van der Waals surface area contributed by atoms with Crippen LogP contribution in [0.3, 0.4) is 0 Å². The molecule has 5 nitrogen and oxygen atoms in total. The van der Waals surface area contributed by atoms with Gasteiger partial charge in [0.15, 0.2) is 0 Å². The number of hydrogen-bond donors (Lipinski definition) is 1. The Morgan fingerprint density at radius 2 is 2.11 bits per heavy atom. The van der Waals surface area contributed by atoms with Crippen molar-refractivity contribution in [3.63, 3.8) is 0 Å². The first-order valence-corrected chi connectivity index (χ1v) is 5.77. The second-order valence-corrected chi connectivity index (χ2v) is 4.75. The summed E-state index contributed by atoms with van der Waals surface area (Å²) < 4.78 is 4.66. The van der Waals surface area contributed by atoms with Crippen LogP contribution in [-0.2, 0) is 9.53 Å². The lowest BCUT2D eigenvalue weighted by atomic mass is 9.93. The molecule has 0 spiro atoms. The van der Waals surface area contributed by atoms with Gasteiger partial charge in [-0.3, -0.25) is 9.59 Å². The van der Waals surface area contributed by atoms with Crippen molar-refractivity contribution < 1.29 is 14.3 Å². The van der Waals surface area contributed by atoms with Gasteiger partial charge in [0.1, 0.15) is 0 Å². The topological polar surface area (TPSA) is 79.2 Å². The van der Waals surface area contributed by atoms with Crippen LogP contribution in [0.2, 0.25) is 0 Å². The molecule has 0 aromatic heterocycles. The minimum Gasteiger partial charge on any atom is -0.469 e. The quantitative estimate of drug-likeness (QED) is 0.832. The Balaban J connectivity index is 2.71. The summed E-state index contributed by atoms with van der Waals surface area (Å²) >= 11 is 0. The number of carbonyl (C=O) groups is 2. The van der Waals surface area contributed by atoms with Crippen molar-refractivity contribution in [2.75, 3.05) is 13.7 Å². The lowest BCUT2D eigenvalue weighted by molar-refractivity contribution is -0.150. The maximum Gasteiger partial charge on any atom is 0.313 e. The van der Waals surface area contributed by atoms with Gasteiger partial charge in [0.2, 0.25) is 0 Å². The Labute approximate surface area is 112 Å². The summed E-state index contributed by atoms with van der Waals surface area (Å²) in [6.07, 6.45) is 0. The fourth-order valence-electron chi connectivity index (χ4n) is 1.48. The van der Waals surface area contributed by atoms with Crippen molar-refractivity contribution in [2.24, 2.45) is 5.41 Å². The van der Waals surface area contributed by atoms with E-state index < -0.39 is 11.4 Å². The first-order chi connectivity index (χ1) is 8.90. The second-order valence-electron chi connectivity index (χ2n) is 4.75. The maximum absolute atomic E-state index is 11.9. The highest BCUT2D eigenvalue weighted by Crippen LogP contribution is 2.15. The molecule has 0 aliphatic heterocycles. The molecule has 1 amide bonds. The lowest BCUT2D eigenvalue weighted by Gasteiger charge is -2.21. The van der Waals surface area contributed by atoms with Gasteiger partial charge in [0.25, 0.3) is 5.91 Å². The molecule has 0 bridgehead atoms. The molecule has 0 heterocycles. The number of nitrogens with zero attached hydrogens (tertiary/aromatic N) is 1. The number of hydrogen-bond acceptors (Lipinski definition) is 4. The van der Waals surface area contributed by atoms with Crippen LogP contribution in [0.1, 0.15) is 29.8 Å². The Morgan fingerprint density at radius 3 is 2.68 bits per heavy atom. The number of nitriles is 1. The fourth-order valence-corrected chi connectivity index (χ4v) is 1.48. The average molecular weight is 260 g/mol. The van der Waals surface area contributed by atoms with E-state index in [1.54, 1.807) is 32.0 Å². The molecule has 0 radical (unpaired) electrons. The van der Waals surface area contributed by atoms with Crippen LogP contribution in [-0.4, -0.2) is 25.5 Å². The molecular formula is C14H16N2O3. The molecule has 0 fully saturated rings. The van der Waals surface area contributed by atoms with Crippen LogP contribution >= 0.6 is 0 Å². The van der Waals surface area contributed by atoms with Crippen molar-refractivity contribution in [3.05, 3.63) is 35.4 Å². The van der Waals surface area contributed by atoms with E-state index >= 15 is 0 Å². The van der Waals surface area contributed by atoms with Crippen molar-refractivity contribution in [2.45, 2.75) is 13.8 Å². The molecule has 100 valence electrons. The number of ether oxygens (including phenoxy) is 1. The largest absolute Gasteiger partial charge is 0.469 e. The third-order valence-electron chi connectivity index (χ3n) is 2.68. The molecule has 5 heteroatoms. The summed E-state index contributed by atoms with van der Waals surface area (Å²) in [6.45, 7) is 3.53. The van der Waals surface area contributed by atoms with E-state index in [9.17, 15) is 9.59 Å². The third kappa shape index (κ3) is 3.81. The van der Waals surface area contributed by atoms with E-state index in [2.05, 4.69) is 10.1 Å². The molecule has 1 N–H and O–H groups in total. The Hall–Kier alpha value is -2.35. The summed E-state index contributed by atoms with van der Waals surface area (Å²) in [4.78, 5) is 23.4. The zero-order valence-electron chi connectivity index (χ0n) is 11.2. The highest BCUT2D eigenvalue weighted by molar-refractivity contribution is 5.94.